The number of aromatic carboxylic acids is 1. The maximum Gasteiger partial charge on any atom is 0.335 e. The number of rotatable bonds is 4. The fourth-order valence-electron chi connectivity index (χ4n) is 3.62. The smallest absolute Gasteiger partial charge is 0.335 e. The second-order valence-corrected chi connectivity index (χ2v) is 6.93. The van der Waals surface area contributed by atoms with E-state index in [1.165, 1.54) is 6.07 Å². The summed E-state index contributed by atoms with van der Waals surface area (Å²) < 4.78 is 5.38. The highest BCUT2D eigenvalue weighted by Gasteiger charge is 2.27. The Kier molecular flexibility index (Phi) is 4.83. The molecule has 2 aromatic carbocycles. The molecule has 2 aliphatic heterocycles. The molecule has 0 spiro atoms. The van der Waals surface area contributed by atoms with Crippen LogP contribution in [0.4, 0.5) is 11.4 Å². The monoisotopic (exact) mass is 380 g/mol. The van der Waals surface area contributed by atoms with Gasteiger partial charge in [-0.15, -0.1) is 0 Å². The molecule has 0 saturated carbocycles. The predicted molar refractivity (Wildman–Crippen MR) is 103 cm³/mol. The summed E-state index contributed by atoms with van der Waals surface area (Å²) in [5.74, 6) is -1.46. The molecule has 2 amide bonds. The van der Waals surface area contributed by atoms with Crippen molar-refractivity contribution in [3.63, 3.8) is 0 Å². The number of hydrogen-bond acceptors (Lipinski definition) is 4. The van der Waals surface area contributed by atoms with Gasteiger partial charge in [-0.3, -0.25) is 9.59 Å². The highest BCUT2D eigenvalue weighted by molar-refractivity contribution is 6.08. The standard InChI is InChI=1S/C21H20N2O5/c24-19(18-5-2-10-28-18)22-16-4-1-3-14(11-16)20(25)23-9-8-13-6-7-15(21(26)27)12-17(13)23/h1,3-4,6-7,11-12,18H,2,5,8-10H2,(H,22,24)(H,26,27). The number of ether oxygens (including phenoxy) is 1. The number of carbonyl (C=O) groups excluding carboxylic acids is 2. The summed E-state index contributed by atoms with van der Waals surface area (Å²) in [6.45, 7) is 1.08. The van der Waals surface area contributed by atoms with Crippen LogP contribution in [-0.2, 0) is 16.0 Å². The first-order valence-corrected chi connectivity index (χ1v) is 9.23. The quantitative estimate of drug-likeness (QED) is 0.850. The van der Waals surface area contributed by atoms with Crippen molar-refractivity contribution in [2.75, 3.05) is 23.4 Å². The van der Waals surface area contributed by atoms with Crippen LogP contribution in [0.25, 0.3) is 0 Å². The Hall–Kier alpha value is -3.19. The van der Waals surface area contributed by atoms with E-state index in [4.69, 9.17) is 4.74 Å². The van der Waals surface area contributed by atoms with Crippen molar-refractivity contribution < 1.29 is 24.2 Å². The normalized spacial score (nSPS) is 18.0. The maximum atomic E-state index is 13.0. The third-order valence-corrected chi connectivity index (χ3v) is 5.07. The first kappa shape index (κ1) is 18.2. The molecule has 0 aromatic heterocycles. The van der Waals surface area contributed by atoms with Crippen LogP contribution in [0.1, 0.15) is 39.1 Å². The number of hydrogen-bond donors (Lipinski definition) is 2. The van der Waals surface area contributed by atoms with Gasteiger partial charge in [0.1, 0.15) is 6.10 Å². The molecule has 1 unspecified atom stereocenters. The van der Waals surface area contributed by atoms with Crippen LogP contribution >= 0.6 is 0 Å². The fraction of sp³-hybridized carbons (Fsp3) is 0.286. The van der Waals surface area contributed by atoms with Gasteiger partial charge in [0.25, 0.3) is 11.8 Å². The van der Waals surface area contributed by atoms with Gasteiger partial charge in [0.05, 0.1) is 5.56 Å². The lowest BCUT2D eigenvalue weighted by molar-refractivity contribution is -0.124. The molecule has 2 aromatic rings. The molecule has 4 rings (SSSR count). The Bertz CT molecular complexity index is 950. The summed E-state index contributed by atoms with van der Waals surface area (Å²) >= 11 is 0. The maximum absolute atomic E-state index is 13.0. The van der Waals surface area contributed by atoms with Gasteiger partial charge < -0.3 is 20.1 Å². The van der Waals surface area contributed by atoms with Gasteiger partial charge in [0.15, 0.2) is 0 Å². The van der Waals surface area contributed by atoms with Gasteiger partial charge in [0, 0.05) is 30.1 Å². The summed E-state index contributed by atoms with van der Waals surface area (Å²) in [4.78, 5) is 38.1. The van der Waals surface area contributed by atoms with Gasteiger partial charge in [-0.2, -0.15) is 0 Å². The number of carbonyl (C=O) groups is 3. The molecule has 2 aliphatic rings. The van der Waals surface area contributed by atoms with E-state index >= 15 is 0 Å². The summed E-state index contributed by atoms with van der Waals surface area (Å²) in [6.07, 6.45) is 1.79. The Morgan fingerprint density at radius 3 is 2.71 bits per heavy atom. The van der Waals surface area contributed by atoms with Crippen LogP contribution in [0.15, 0.2) is 42.5 Å². The van der Waals surface area contributed by atoms with E-state index in [-0.39, 0.29) is 17.4 Å². The number of carboxylic acids is 1. The zero-order chi connectivity index (χ0) is 19.7. The van der Waals surface area contributed by atoms with Crippen LogP contribution in [-0.4, -0.2) is 42.1 Å². The summed E-state index contributed by atoms with van der Waals surface area (Å²) in [7, 11) is 0. The second-order valence-electron chi connectivity index (χ2n) is 6.93. The Balaban J connectivity index is 1.54. The third kappa shape index (κ3) is 3.48. The van der Waals surface area contributed by atoms with Crippen molar-refractivity contribution in [2.24, 2.45) is 0 Å². The van der Waals surface area contributed by atoms with E-state index < -0.39 is 12.1 Å². The summed E-state index contributed by atoms with van der Waals surface area (Å²) in [5, 5.41) is 12.0. The van der Waals surface area contributed by atoms with Gasteiger partial charge in [-0.05, 0) is 55.2 Å². The van der Waals surface area contributed by atoms with Crippen LogP contribution in [0.2, 0.25) is 0 Å². The zero-order valence-electron chi connectivity index (χ0n) is 15.2. The number of benzene rings is 2. The average molecular weight is 380 g/mol. The Morgan fingerprint density at radius 2 is 1.96 bits per heavy atom. The predicted octanol–water partition coefficient (Wildman–Crippen LogP) is 2.71. The van der Waals surface area contributed by atoms with Crippen LogP contribution in [0, 0.1) is 0 Å². The van der Waals surface area contributed by atoms with E-state index in [2.05, 4.69) is 5.32 Å². The van der Waals surface area contributed by atoms with Gasteiger partial charge in [-0.25, -0.2) is 4.79 Å². The lowest BCUT2D eigenvalue weighted by Crippen LogP contribution is -2.29. The molecular formula is C21H20N2O5. The van der Waals surface area contributed by atoms with E-state index in [1.54, 1.807) is 41.3 Å². The van der Waals surface area contributed by atoms with E-state index in [9.17, 15) is 19.5 Å². The molecule has 7 heteroatoms. The first-order chi connectivity index (χ1) is 13.5. The summed E-state index contributed by atoms with van der Waals surface area (Å²) in [6, 6.07) is 11.6. The number of amides is 2. The second kappa shape index (κ2) is 7.44. The van der Waals surface area contributed by atoms with Crippen molar-refractivity contribution >= 4 is 29.2 Å². The number of nitrogens with zero attached hydrogens (tertiary/aromatic N) is 1. The number of fused-ring (bicyclic) bond motifs is 1. The van der Waals surface area contributed by atoms with Crippen LogP contribution < -0.4 is 10.2 Å². The Labute approximate surface area is 161 Å². The van der Waals surface area contributed by atoms with Gasteiger partial charge in [-0.1, -0.05) is 12.1 Å². The molecule has 0 aliphatic carbocycles. The molecule has 7 nitrogen and oxygen atoms in total. The lowest BCUT2D eigenvalue weighted by Gasteiger charge is -2.18. The number of carboxylic acid groups (broad SMARTS) is 1. The Morgan fingerprint density at radius 1 is 1.11 bits per heavy atom. The van der Waals surface area contributed by atoms with Gasteiger partial charge in [0.2, 0.25) is 0 Å². The van der Waals surface area contributed by atoms with Crippen molar-refractivity contribution in [2.45, 2.75) is 25.4 Å². The zero-order valence-corrected chi connectivity index (χ0v) is 15.2. The molecule has 0 bridgehead atoms. The highest BCUT2D eigenvalue weighted by Crippen LogP contribution is 2.31. The molecule has 144 valence electrons. The third-order valence-electron chi connectivity index (χ3n) is 5.07. The van der Waals surface area contributed by atoms with E-state index in [1.807, 2.05) is 0 Å². The molecule has 1 fully saturated rings. The lowest BCUT2D eigenvalue weighted by atomic mass is 10.1. The van der Waals surface area contributed by atoms with Crippen LogP contribution in [0.5, 0.6) is 0 Å². The SMILES string of the molecule is O=C(O)c1ccc2c(c1)N(C(=O)c1cccc(NC(=O)C3CCCO3)c1)CC2. The topological polar surface area (TPSA) is 95.9 Å². The summed E-state index contributed by atoms with van der Waals surface area (Å²) in [5.41, 5.74) is 2.68. The van der Waals surface area contributed by atoms with Crippen LogP contribution in [0.3, 0.4) is 0 Å². The highest BCUT2D eigenvalue weighted by atomic mass is 16.5. The van der Waals surface area contributed by atoms with E-state index in [0.29, 0.717) is 42.9 Å². The molecular weight excluding hydrogens is 360 g/mol. The average Bonchev–Trinajstić information content (AvgIpc) is 3.37. The molecule has 2 N–H and O–H groups in total. The number of anilines is 2. The van der Waals surface area contributed by atoms with E-state index in [0.717, 1.165) is 12.0 Å². The molecule has 1 saturated heterocycles. The molecule has 28 heavy (non-hydrogen) atoms. The number of nitrogens with one attached hydrogen (secondary N) is 1. The molecule has 1 atom stereocenters. The largest absolute Gasteiger partial charge is 0.478 e. The molecule has 2 heterocycles. The van der Waals surface area contributed by atoms with Crippen molar-refractivity contribution in [1.82, 2.24) is 0 Å². The van der Waals surface area contributed by atoms with Crippen molar-refractivity contribution in [3.05, 3.63) is 59.2 Å². The van der Waals surface area contributed by atoms with Crippen molar-refractivity contribution in [1.29, 1.82) is 0 Å². The fourth-order valence-corrected chi connectivity index (χ4v) is 3.62. The first-order valence-electron chi connectivity index (χ1n) is 9.23. The molecule has 0 radical (unpaired) electrons. The van der Waals surface area contributed by atoms with Gasteiger partial charge >= 0.3 is 5.97 Å². The van der Waals surface area contributed by atoms with Crippen molar-refractivity contribution in [3.8, 4) is 0 Å². The minimum atomic E-state index is -1.03. The minimum Gasteiger partial charge on any atom is -0.478 e. The minimum absolute atomic E-state index is 0.149.